The molecule has 0 fully saturated rings. The van der Waals surface area contributed by atoms with Crippen LogP contribution in [0, 0.1) is 6.92 Å². The molecule has 3 heteroatoms. The van der Waals surface area contributed by atoms with Crippen molar-refractivity contribution in [2.75, 3.05) is 0 Å². The van der Waals surface area contributed by atoms with Crippen LogP contribution in [0.3, 0.4) is 0 Å². The second kappa shape index (κ2) is 8.28. The topological polar surface area (TPSA) is 34.9 Å². The van der Waals surface area contributed by atoms with Crippen molar-refractivity contribution in [2.45, 2.75) is 27.3 Å². The van der Waals surface area contributed by atoms with Gasteiger partial charge in [-0.2, -0.15) is 5.10 Å². The molecule has 0 amide bonds. The highest BCUT2D eigenvalue weighted by Crippen LogP contribution is 1.98. The van der Waals surface area contributed by atoms with E-state index in [9.17, 15) is 4.79 Å². The largest absolute Gasteiger partial charge is 0.268 e. The monoisotopic (exact) mass is 232 g/mol. The van der Waals surface area contributed by atoms with Crippen LogP contribution in [0.2, 0.25) is 0 Å². The van der Waals surface area contributed by atoms with Gasteiger partial charge in [0.2, 0.25) is 0 Å². The Hall–Kier alpha value is -1.90. The Balaban J connectivity index is 0.00000121. The summed E-state index contributed by atoms with van der Waals surface area (Å²) in [4.78, 5) is 11.5. The van der Waals surface area contributed by atoms with Crippen molar-refractivity contribution in [3.8, 4) is 0 Å². The summed E-state index contributed by atoms with van der Waals surface area (Å²) in [6.45, 7) is 13.5. The number of nitrogens with zero attached hydrogens (tertiary/aromatic N) is 2. The summed E-state index contributed by atoms with van der Waals surface area (Å²) in [5.41, 5.74) is 1.67. The van der Waals surface area contributed by atoms with Crippen LogP contribution in [0.1, 0.15) is 19.4 Å². The van der Waals surface area contributed by atoms with E-state index in [1.54, 1.807) is 30.5 Å². The number of hydrogen-bond acceptors (Lipinski definition) is 2. The summed E-state index contributed by atoms with van der Waals surface area (Å²) in [7, 11) is 0. The van der Waals surface area contributed by atoms with E-state index in [4.69, 9.17) is 0 Å². The molecule has 1 rings (SSSR count). The van der Waals surface area contributed by atoms with Gasteiger partial charge in [-0.25, -0.2) is 4.68 Å². The highest BCUT2D eigenvalue weighted by Gasteiger charge is 1.98. The first kappa shape index (κ1) is 15.1. The fourth-order valence-corrected chi connectivity index (χ4v) is 1.15. The summed E-state index contributed by atoms with van der Waals surface area (Å²) in [6.07, 6.45) is 6.82. The first-order valence-corrected chi connectivity index (χ1v) is 5.65. The standard InChI is InChI=1S/C12H14N2O.C2H6/c1-4-6-11(5-2)9-14-12(15)7-10(3)8-13-14;1-2/h4-8H,1-2,9H2,3H3;1-2H3/b11-6+;. The van der Waals surface area contributed by atoms with Gasteiger partial charge in [0.15, 0.2) is 0 Å². The normalized spacial score (nSPS) is 10.2. The summed E-state index contributed by atoms with van der Waals surface area (Å²) in [6, 6.07) is 1.56. The summed E-state index contributed by atoms with van der Waals surface area (Å²) in [5, 5.41) is 4.03. The Bertz CT molecular complexity index is 456. The lowest BCUT2D eigenvalue weighted by molar-refractivity contribution is 0.635. The molecule has 0 atom stereocenters. The van der Waals surface area contributed by atoms with Crippen molar-refractivity contribution >= 4 is 0 Å². The van der Waals surface area contributed by atoms with E-state index in [1.807, 2.05) is 20.8 Å². The van der Waals surface area contributed by atoms with Gasteiger partial charge in [0.1, 0.15) is 0 Å². The van der Waals surface area contributed by atoms with E-state index < -0.39 is 0 Å². The van der Waals surface area contributed by atoms with Crippen molar-refractivity contribution in [2.24, 2.45) is 0 Å². The van der Waals surface area contributed by atoms with Gasteiger partial charge in [-0.3, -0.25) is 4.79 Å². The van der Waals surface area contributed by atoms with Gasteiger partial charge in [-0.15, -0.1) is 0 Å². The third-order valence-electron chi connectivity index (χ3n) is 1.93. The number of hydrogen-bond donors (Lipinski definition) is 0. The first-order chi connectivity index (χ1) is 8.17. The van der Waals surface area contributed by atoms with Crippen molar-refractivity contribution in [3.05, 3.63) is 65.1 Å². The van der Waals surface area contributed by atoms with Gasteiger partial charge in [-0.05, 0) is 18.1 Å². The lowest BCUT2D eigenvalue weighted by Gasteiger charge is -2.04. The van der Waals surface area contributed by atoms with E-state index in [0.717, 1.165) is 11.1 Å². The second-order valence-corrected chi connectivity index (χ2v) is 3.21. The maximum Gasteiger partial charge on any atom is 0.267 e. The molecule has 3 nitrogen and oxygen atoms in total. The Morgan fingerprint density at radius 3 is 2.59 bits per heavy atom. The zero-order chi connectivity index (χ0) is 13.3. The van der Waals surface area contributed by atoms with Crippen LogP contribution in [0.4, 0.5) is 0 Å². The van der Waals surface area contributed by atoms with Crippen LogP contribution >= 0.6 is 0 Å². The van der Waals surface area contributed by atoms with E-state index in [1.165, 1.54) is 4.68 Å². The predicted octanol–water partition coefficient (Wildman–Crippen LogP) is 2.88. The summed E-state index contributed by atoms with van der Waals surface area (Å²) < 4.78 is 1.39. The zero-order valence-corrected chi connectivity index (χ0v) is 10.8. The number of aryl methyl sites for hydroxylation is 1. The van der Waals surface area contributed by atoms with Crippen LogP contribution in [0.25, 0.3) is 0 Å². The molecule has 92 valence electrons. The average Bonchev–Trinajstić information content (AvgIpc) is 2.34. The van der Waals surface area contributed by atoms with E-state index in [0.29, 0.717) is 6.54 Å². The zero-order valence-electron chi connectivity index (χ0n) is 10.8. The molecule has 0 spiro atoms. The van der Waals surface area contributed by atoms with Gasteiger partial charge in [-0.1, -0.05) is 45.2 Å². The number of rotatable bonds is 4. The molecule has 0 aromatic carbocycles. The molecule has 1 aromatic heterocycles. The predicted molar refractivity (Wildman–Crippen MR) is 73.1 cm³/mol. The molecule has 0 aliphatic carbocycles. The van der Waals surface area contributed by atoms with Gasteiger partial charge in [0.05, 0.1) is 12.7 Å². The molecular formula is C14H20N2O. The minimum absolute atomic E-state index is 0.105. The lowest BCUT2D eigenvalue weighted by atomic mass is 10.2. The molecule has 0 saturated carbocycles. The highest BCUT2D eigenvalue weighted by atomic mass is 16.1. The molecule has 1 aromatic rings. The van der Waals surface area contributed by atoms with Crippen molar-refractivity contribution in [1.29, 1.82) is 0 Å². The van der Waals surface area contributed by atoms with Crippen LogP contribution < -0.4 is 5.56 Å². The van der Waals surface area contributed by atoms with E-state index >= 15 is 0 Å². The Morgan fingerprint density at radius 2 is 2.12 bits per heavy atom. The SMILES string of the molecule is C=C/C=C(\C=C)Cn1ncc(C)cc1=O.CC. The fraction of sp³-hybridized carbons (Fsp3) is 0.286. The maximum atomic E-state index is 11.5. The minimum Gasteiger partial charge on any atom is -0.268 e. The summed E-state index contributed by atoms with van der Waals surface area (Å²) >= 11 is 0. The smallest absolute Gasteiger partial charge is 0.267 e. The maximum absolute atomic E-state index is 11.5. The van der Waals surface area contributed by atoms with Gasteiger partial charge < -0.3 is 0 Å². The van der Waals surface area contributed by atoms with Crippen molar-refractivity contribution in [3.63, 3.8) is 0 Å². The summed E-state index contributed by atoms with van der Waals surface area (Å²) in [5.74, 6) is 0. The van der Waals surface area contributed by atoms with Gasteiger partial charge in [0, 0.05) is 6.07 Å². The van der Waals surface area contributed by atoms with Crippen LogP contribution in [-0.2, 0) is 6.54 Å². The van der Waals surface area contributed by atoms with Crippen LogP contribution in [-0.4, -0.2) is 9.78 Å². The van der Waals surface area contributed by atoms with Gasteiger partial charge >= 0.3 is 0 Å². The molecule has 0 bridgehead atoms. The lowest BCUT2D eigenvalue weighted by Crippen LogP contribution is -2.22. The molecule has 0 aliphatic heterocycles. The van der Waals surface area contributed by atoms with Crippen LogP contribution in [0.15, 0.2) is 54.0 Å². The molecule has 0 unspecified atom stereocenters. The number of aromatic nitrogens is 2. The van der Waals surface area contributed by atoms with Crippen molar-refractivity contribution < 1.29 is 0 Å². The van der Waals surface area contributed by atoms with E-state index in [-0.39, 0.29) is 5.56 Å². The van der Waals surface area contributed by atoms with Crippen LogP contribution in [0.5, 0.6) is 0 Å². The third kappa shape index (κ3) is 5.11. The molecule has 0 saturated heterocycles. The quantitative estimate of drug-likeness (QED) is 0.748. The van der Waals surface area contributed by atoms with Gasteiger partial charge in [0.25, 0.3) is 5.56 Å². The highest BCUT2D eigenvalue weighted by molar-refractivity contribution is 5.20. The molecular weight excluding hydrogens is 212 g/mol. The molecule has 0 aliphatic rings. The number of allylic oxidation sites excluding steroid dienone is 4. The first-order valence-electron chi connectivity index (χ1n) is 5.65. The Kier molecular flexibility index (Phi) is 7.35. The third-order valence-corrected chi connectivity index (χ3v) is 1.93. The Labute approximate surface area is 103 Å². The fourth-order valence-electron chi connectivity index (χ4n) is 1.15. The second-order valence-electron chi connectivity index (χ2n) is 3.21. The molecule has 0 radical (unpaired) electrons. The molecule has 1 heterocycles. The van der Waals surface area contributed by atoms with Crippen molar-refractivity contribution in [1.82, 2.24) is 9.78 Å². The molecule has 0 N–H and O–H groups in total. The molecule has 17 heavy (non-hydrogen) atoms. The minimum atomic E-state index is -0.105. The average molecular weight is 232 g/mol. The van der Waals surface area contributed by atoms with E-state index in [2.05, 4.69) is 18.3 Å². The Morgan fingerprint density at radius 1 is 1.47 bits per heavy atom.